The Morgan fingerprint density at radius 3 is 2.29 bits per heavy atom. The molecule has 5 N–H and O–H groups in total. The first-order chi connectivity index (χ1) is 7.92. The Morgan fingerprint density at radius 2 is 1.88 bits per heavy atom. The topological polar surface area (TPSA) is 122 Å². The van der Waals surface area contributed by atoms with E-state index < -0.39 is 23.8 Å². The van der Waals surface area contributed by atoms with Gasteiger partial charge in [0, 0.05) is 0 Å². The summed E-state index contributed by atoms with van der Waals surface area (Å²) in [4.78, 5) is 33.1. The molecule has 0 aromatic rings. The lowest BCUT2D eigenvalue weighted by Gasteiger charge is -2.20. The van der Waals surface area contributed by atoms with Gasteiger partial charge in [0.05, 0.1) is 13.1 Å². The molecule has 0 aliphatic heterocycles. The maximum absolute atomic E-state index is 11.4. The summed E-state index contributed by atoms with van der Waals surface area (Å²) in [5.41, 5.74) is 5.04. The van der Waals surface area contributed by atoms with Gasteiger partial charge in [0.15, 0.2) is 0 Å². The molecule has 0 radical (unpaired) electrons. The highest BCUT2D eigenvalue weighted by atomic mass is 16.4. The number of carboxylic acids is 1. The highest BCUT2D eigenvalue weighted by Crippen LogP contribution is 2.07. The third kappa shape index (κ3) is 5.86. The summed E-state index contributed by atoms with van der Waals surface area (Å²) < 4.78 is 0. The van der Waals surface area contributed by atoms with Crippen LogP contribution < -0.4 is 16.4 Å². The third-order valence-electron chi connectivity index (χ3n) is 2.43. The standard InChI is InChI=1S/C10H19N3O4/c1-3-6(2)9(10(16)17)13-8(15)5-12-7(14)4-11/h6,9H,3-5,11H2,1-2H3,(H,12,14)(H,13,15)(H,16,17)/t6-,9+/m0/s1. The number of aliphatic carboxylic acids is 1. The molecule has 0 fully saturated rings. The summed E-state index contributed by atoms with van der Waals surface area (Å²) >= 11 is 0. The highest BCUT2D eigenvalue weighted by molar-refractivity contribution is 5.88. The number of carboxylic acid groups (broad SMARTS) is 1. The Kier molecular flexibility index (Phi) is 6.88. The van der Waals surface area contributed by atoms with Gasteiger partial charge in [0.2, 0.25) is 11.8 Å². The molecule has 7 nitrogen and oxygen atoms in total. The van der Waals surface area contributed by atoms with E-state index in [9.17, 15) is 14.4 Å². The van der Waals surface area contributed by atoms with Crippen molar-refractivity contribution in [2.24, 2.45) is 11.7 Å². The van der Waals surface area contributed by atoms with Crippen molar-refractivity contribution in [2.45, 2.75) is 26.3 Å². The Hall–Kier alpha value is -1.63. The van der Waals surface area contributed by atoms with Crippen molar-refractivity contribution >= 4 is 17.8 Å². The molecular weight excluding hydrogens is 226 g/mol. The van der Waals surface area contributed by atoms with Gasteiger partial charge in [0.1, 0.15) is 6.04 Å². The van der Waals surface area contributed by atoms with Crippen LogP contribution in [-0.4, -0.2) is 42.0 Å². The van der Waals surface area contributed by atoms with Gasteiger partial charge in [0.25, 0.3) is 0 Å². The van der Waals surface area contributed by atoms with E-state index in [0.717, 1.165) is 0 Å². The van der Waals surface area contributed by atoms with Crippen molar-refractivity contribution in [1.82, 2.24) is 10.6 Å². The Bertz CT molecular complexity index is 293. The van der Waals surface area contributed by atoms with E-state index in [4.69, 9.17) is 10.8 Å². The van der Waals surface area contributed by atoms with E-state index in [1.807, 2.05) is 6.92 Å². The van der Waals surface area contributed by atoms with Crippen LogP contribution in [0.4, 0.5) is 0 Å². The second kappa shape index (κ2) is 7.61. The van der Waals surface area contributed by atoms with Crippen LogP contribution in [0.3, 0.4) is 0 Å². The fourth-order valence-electron chi connectivity index (χ4n) is 1.16. The summed E-state index contributed by atoms with van der Waals surface area (Å²) in [5.74, 6) is -2.27. The van der Waals surface area contributed by atoms with E-state index in [1.165, 1.54) is 0 Å². The van der Waals surface area contributed by atoms with E-state index in [0.29, 0.717) is 6.42 Å². The number of hydrogen-bond donors (Lipinski definition) is 4. The molecule has 0 aromatic carbocycles. The van der Waals surface area contributed by atoms with Gasteiger partial charge in [-0.05, 0) is 5.92 Å². The maximum atomic E-state index is 11.4. The highest BCUT2D eigenvalue weighted by Gasteiger charge is 2.25. The molecule has 0 bridgehead atoms. The molecule has 0 unspecified atom stereocenters. The monoisotopic (exact) mass is 245 g/mol. The molecule has 0 aliphatic carbocycles. The van der Waals surface area contributed by atoms with Crippen molar-refractivity contribution in [2.75, 3.05) is 13.1 Å². The summed E-state index contributed by atoms with van der Waals surface area (Å²) in [7, 11) is 0. The third-order valence-corrected chi connectivity index (χ3v) is 2.43. The van der Waals surface area contributed by atoms with Gasteiger partial charge in [-0.25, -0.2) is 4.79 Å². The first-order valence-electron chi connectivity index (χ1n) is 5.41. The molecule has 0 saturated heterocycles. The van der Waals surface area contributed by atoms with Crippen LogP contribution in [0.2, 0.25) is 0 Å². The van der Waals surface area contributed by atoms with E-state index in [1.54, 1.807) is 6.92 Å². The maximum Gasteiger partial charge on any atom is 0.326 e. The Balaban J connectivity index is 4.22. The first-order valence-corrected chi connectivity index (χ1v) is 5.41. The molecule has 17 heavy (non-hydrogen) atoms. The van der Waals surface area contributed by atoms with Gasteiger partial charge in [-0.3, -0.25) is 9.59 Å². The van der Waals surface area contributed by atoms with Crippen LogP contribution in [0.15, 0.2) is 0 Å². The molecule has 2 amide bonds. The van der Waals surface area contributed by atoms with Crippen LogP contribution in [0, 0.1) is 5.92 Å². The molecule has 98 valence electrons. The van der Waals surface area contributed by atoms with E-state index >= 15 is 0 Å². The zero-order chi connectivity index (χ0) is 13.4. The van der Waals surface area contributed by atoms with Gasteiger partial charge < -0.3 is 21.5 Å². The second-order valence-electron chi connectivity index (χ2n) is 3.75. The van der Waals surface area contributed by atoms with Crippen LogP contribution in [0.5, 0.6) is 0 Å². The number of hydrogen-bond acceptors (Lipinski definition) is 4. The predicted octanol–water partition coefficient (Wildman–Crippen LogP) is -1.32. The summed E-state index contributed by atoms with van der Waals surface area (Å²) in [5, 5.41) is 13.5. The molecule has 0 aliphatic rings. The Morgan fingerprint density at radius 1 is 1.29 bits per heavy atom. The largest absolute Gasteiger partial charge is 0.480 e. The van der Waals surface area contributed by atoms with Crippen molar-refractivity contribution in [3.05, 3.63) is 0 Å². The number of nitrogens with one attached hydrogen (secondary N) is 2. The van der Waals surface area contributed by atoms with Gasteiger partial charge in [-0.15, -0.1) is 0 Å². The minimum absolute atomic E-state index is 0.179. The fraction of sp³-hybridized carbons (Fsp3) is 0.700. The summed E-state index contributed by atoms with van der Waals surface area (Å²) in [6, 6.07) is -0.942. The average molecular weight is 245 g/mol. The van der Waals surface area contributed by atoms with Gasteiger partial charge in [-0.2, -0.15) is 0 Å². The SMILES string of the molecule is CC[C@H](C)[C@@H](NC(=O)CNC(=O)CN)C(=O)O. The quantitative estimate of drug-likeness (QED) is 0.443. The zero-order valence-corrected chi connectivity index (χ0v) is 10.0. The molecule has 2 atom stereocenters. The van der Waals surface area contributed by atoms with Crippen molar-refractivity contribution in [1.29, 1.82) is 0 Å². The lowest BCUT2D eigenvalue weighted by Crippen LogP contribution is -2.49. The van der Waals surface area contributed by atoms with Crippen LogP contribution in [0.25, 0.3) is 0 Å². The second-order valence-corrected chi connectivity index (χ2v) is 3.75. The molecular formula is C10H19N3O4. The van der Waals surface area contributed by atoms with Gasteiger partial charge >= 0.3 is 5.97 Å². The lowest BCUT2D eigenvalue weighted by molar-refractivity contribution is -0.143. The summed E-state index contributed by atoms with van der Waals surface area (Å²) in [6.07, 6.45) is 0.631. The van der Waals surface area contributed by atoms with Crippen LogP contribution in [0.1, 0.15) is 20.3 Å². The van der Waals surface area contributed by atoms with Crippen molar-refractivity contribution < 1.29 is 19.5 Å². The van der Waals surface area contributed by atoms with Crippen LogP contribution >= 0.6 is 0 Å². The van der Waals surface area contributed by atoms with E-state index in [2.05, 4.69) is 10.6 Å². The zero-order valence-electron chi connectivity index (χ0n) is 10.0. The normalized spacial score (nSPS) is 13.6. The van der Waals surface area contributed by atoms with Crippen molar-refractivity contribution in [3.63, 3.8) is 0 Å². The number of carbonyl (C=O) groups is 3. The first kappa shape index (κ1) is 15.4. The molecule has 0 saturated carbocycles. The average Bonchev–Trinajstić information content (AvgIpc) is 2.31. The molecule has 0 aromatic heterocycles. The molecule has 0 heterocycles. The smallest absolute Gasteiger partial charge is 0.326 e. The molecule has 0 rings (SSSR count). The fourth-order valence-corrected chi connectivity index (χ4v) is 1.16. The lowest BCUT2D eigenvalue weighted by atomic mass is 9.99. The Labute approximate surface area is 99.7 Å². The number of rotatable bonds is 7. The predicted molar refractivity (Wildman–Crippen MR) is 61.1 cm³/mol. The number of nitrogens with two attached hydrogens (primary N) is 1. The molecule has 7 heteroatoms. The van der Waals surface area contributed by atoms with Crippen LogP contribution in [-0.2, 0) is 14.4 Å². The van der Waals surface area contributed by atoms with Crippen molar-refractivity contribution in [3.8, 4) is 0 Å². The minimum Gasteiger partial charge on any atom is -0.480 e. The summed E-state index contributed by atoms with van der Waals surface area (Å²) in [6.45, 7) is 3.09. The number of carbonyl (C=O) groups excluding carboxylic acids is 2. The minimum atomic E-state index is -1.09. The van der Waals surface area contributed by atoms with E-state index in [-0.39, 0.29) is 19.0 Å². The molecule has 0 spiro atoms. The number of amides is 2. The van der Waals surface area contributed by atoms with Gasteiger partial charge in [-0.1, -0.05) is 20.3 Å².